The molecule has 1 aromatic rings. The lowest BCUT2D eigenvalue weighted by atomic mass is 10.1. The summed E-state index contributed by atoms with van der Waals surface area (Å²) in [6, 6.07) is 5.46. The summed E-state index contributed by atoms with van der Waals surface area (Å²) in [6.07, 6.45) is 11.3. The van der Waals surface area contributed by atoms with Crippen LogP contribution in [0.5, 0.6) is 0 Å². The summed E-state index contributed by atoms with van der Waals surface area (Å²) in [5, 5.41) is 3.56. The second-order valence-corrected chi connectivity index (χ2v) is 6.38. The molecule has 1 atom stereocenters. The van der Waals surface area contributed by atoms with Crippen LogP contribution in [0.15, 0.2) is 18.3 Å². The summed E-state index contributed by atoms with van der Waals surface area (Å²) in [4.78, 5) is 7.01. The normalized spacial score (nSPS) is 18.2. The van der Waals surface area contributed by atoms with E-state index < -0.39 is 0 Å². The molecule has 1 fully saturated rings. The van der Waals surface area contributed by atoms with E-state index in [0.29, 0.717) is 12.1 Å². The van der Waals surface area contributed by atoms with Crippen LogP contribution in [0.1, 0.15) is 70.4 Å². The summed E-state index contributed by atoms with van der Waals surface area (Å²) in [5.41, 5.74) is 1.34. The van der Waals surface area contributed by atoms with Gasteiger partial charge in [0.05, 0.1) is 0 Å². The van der Waals surface area contributed by atoms with Crippen LogP contribution in [0.3, 0.4) is 0 Å². The van der Waals surface area contributed by atoms with Crippen molar-refractivity contribution >= 4 is 5.82 Å². The highest BCUT2D eigenvalue weighted by molar-refractivity contribution is 5.42. The van der Waals surface area contributed by atoms with Crippen molar-refractivity contribution in [3.05, 3.63) is 23.9 Å². The van der Waals surface area contributed by atoms with Gasteiger partial charge in [0, 0.05) is 25.3 Å². The van der Waals surface area contributed by atoms with E-state index in [4.69, 9.17) is 0 Å². The number of hydrogen-bond acceptors (Lipinski definition) is 3. The highest BCUT2D eigenvalue weighted by Gasteiger charge is 2.18. The third-order valence-electron chi connectivity index (χ3n) is 4.70. The van der Waals surface area contributed by atoms with Gasteiger partial charge in [-0.05, 0) is 50.4 Å². The highest BCUT2D eigenvalue weighted by atomic mass is 15.2. The number of hydrogen-bond donors (Lipinski definition) is 1. The van der Waals surface area contributed by atoms with Crippen LogP contribution in [0.2, 0.25) is 0 Å². The summed E-state index contributed by atoms with van der Waals surface area (Å²) in [5.74, 6) is 1.13. The Morgan fingerprint density at radius 3 is 2.67 bits per heavy atom. The Kier molecular flexibility index (Phi) is 6.50. The number of nitrogens with one attached hydrogen (secondary N) is 1. The van der Waals surface area contributed by atoms with Gasteiger partial charge in [0.2, 0.25) is 0 Å². The zero-order valence-corrected chi connectivity index (χ0v) is 13.9. The van der Waals surface area contributed by atoms with Gasteiger partial charge in [0.25, 0.3) is 0 Å². The Bertz CT molecular complexity index is 411. The number of pyridine rings is 1. The molecule has 1 unspecified atom stereocenters. The van der Waals surface area contributed by atoms with Crippen LogP contribution < -0.4 is 10.2 Å². The molecule has 0 aliphatic heterocycles. The summed E-state index contributed by atoms with van der Waals surface area (Å²) < 4.78 is 0. The highest BCUT2D eigenvalue weighted by Crippen LogP contribution is 2.25. The Labute approximate surface area is 130 Å². The van der Waals surface area contributed by atoms with Gasteiger partial charge in [-0.25, -0.2) is 4.98 Å². The molecule has 1 aliphatic carbocycles. The van der Waals surface area contributed by atoms with Gasteiger partial charge in [-0.3, -0.25) is 0 Å². The maximum atomic E-state index is 4.61. The fraction of sp³-hybridized carbons (Fsp3) is 0.722. The van der Waals surface area contributed by atoms with Crippen LogP contribution >= 0.6 is 0 Å². The Morgan fingerprint density at radius 1 is 1.29 bits per heavy atom. The van der Waals surface area contributed by atoms with Crippen molar-refractivity contribution in [2.75, 3.05) is 18.5 Å². The van der Waals surface area contributed by atoms with E-state index >= 15 is 0 Å². The third kappa shape index (κ3) is 4.70. The molecule has 1 N–H and O–H groups in total. The molecule has 1 aliphatic rings. The minimum atomic E-state index is 0.397. The van der Waals surface area contributed by atoms with Gasteiger partial charge in [-0.1, -0.05) is 32.6 Å². The van der Waals surface area contributed by atoms with Crippen molar-refractivity contribution in [3.8, 4) is 0 Å². The number of anilines is 1. The zero-order chi connectivity index (χ0) is 15.1. The minimum absolute atomic E-state index is 0.397. The molecule has 0 spiro atoms. The molecule has 0 bridgehead atoms. The van der Waals surface area contributed by atoms with Crippen molar-refractivity contribution < 1.29 is 0 Å². The first-order chi connectivity index (χ1) is 10.2. The Balaban J connectivity index is 2.04. The maximum Gasteiger partial charge on any atom is 0.128 e. The third-order valence-corrected chi connectivity index (χ3v) is 4.70. The van der Waals surface area contributed by atoms with Gasteiger partial charge < -0.3 is 10.2 Å². The largest absolute Gasteiger partial charge is 0.357 e. The fourth-order valence-electron chi connectivity index (χ4n) is 3.21. The smallest absolute Gasteiger partial charge is 0.128 e. The fourth-order valence-corrected chi connectivity index (χ4v) is 3.21. The standard InChI is InChI=1S/C18H31N3/c1-4-12-19-15(2)16-11-13-20-18(14-16)21(3)17-9-7-5-6-8-10-17/h11,13-15,17,19H,4-10,12H2,1-3H3. The molecule has 1 aromatic heterocycles. The summed E-state index contributed by atoms with van der Waals surface area (Å²) >= 11 is 0. The van der Waals surface area contributed by atoms with E-state index in [9.17, 15) is 0 Å². The van der Waals surface area contributed by atoms with Crippen LogP contribution in [0, 0.1) is 0 Å². The molecule has 1 heterocycles. The van der Waals surface area contributed by atoms with Gasteiger partial charge in [-0.2, -0.15) is 0 Å². The number of rotatable bonds is 6. The number of aromatic nitrogens is 1. The molecule has 118 valence electrons. The van der Waals surface area contributed by atoms with Crippen LogP contribution in [0.25, 0.3) is 0 Å². The SMILES string of the molecule is CCCNC(C)c1ccnc(N(C)C2CCCCCC2)c1. The van der Waals surface area contributed by atoms with Crippen molar-refractivity contribution in [2.24, 2.45) is 0 Å². The van der Waals surface area contributed by atoms with E-state index in [1.807, 2.05) is 6.20 Å². The van der Waals surface area contributed by atoms with Crippen molar-refractivity contribution in [1.82, 2.24) is 10.3 Å². The average Bonchev–Trinajstić information content (AvgIpc) is 2.81. The van der Waals surface area contributed by atoms with Crippen molar-refractivity contribution in [2.45, 2.75) is 70.9 Å². The van der Waals surface area contributed by atoms with Gasteiger partial charge in [0.1, 0.15) is 5.82 Å². The predicted octanol–water partition coefficient (Wildman–Crippen LogP) is 4.30. The zero-order valence-electron chi connectivity index (χ0n) is 13.9. The lowest BCUT2D eigenvalue weighted by molar-refractivity contribution is 0.546. The van der Waals surface area contributed by atoms with E-state index in [1.165, 1.54) is 50.5 Å². The van der Waals surface area contributed by atoms with Crippen molar-refractivity contribution in [3.63, 3.8) is 0 Å². The summed E-state index contributed by atoms with van der Waals surface area (Å²) in [6.45, 7) is 5.51. The first-order valence-corrected chi connectivity index (χ1v) is 8.64. The van der Waals surface area contributed by atoms with Gasteiger partial charge in [0.15, 0.2) is 0 Å². The van der Waals surface area contributed by atoms with E-state index in [1.54, 1.807) is 0 Å². The van der Waals surface area contributed by atoms with Crippen molar-refractivity contribution in [1.29, 1.82) is 0 Å². The molecule has 1 saturated carbocycles. The molecule has 2 rings (SSSR count). The molecular weight excluding hydrogens is 258 g/mol. The molecule has 0 saturated heterocycles. The van der Waals surface area contributed by atoms with Crippen LogP contribution in [0.4, 0.5) is 5.82 Å². The topological polar surface area (TPSA) is 28.2 Å². The van der Waals surface area contributed by atoms with E-state index in [2.05, 4.69) is 48.2 Å². The molecule has 3 nitrogen and oxygen atoms in total. The predicted molar refractivity (Wildman–Crippen MR) is 90.8 cm³/mol. The Hall–Kier alpha value is -1.09. The first-order valence-electron chi connectivity index (χ1n) is 8.64. The Morgan fingerprint density at radius 2 is 2.00 bits per heavy atom. The molecular formula is C18H31N3. The number of nitrogens with zero attached hydrogens (tertiary/aromatic N) is 2. The van der Waals surface area contributed by atoms with Crippen LogP contribution in [-0.4, -0.2) is 24.6 Å². The maximum absolute atomic E-state index is 4.61. The van der Waals surface area contributed by atoms with Gasteiger partial charge in [-0.15, -0.1) is 0 Å². The summed E-state index contributed by atoms with van der Waals surface area (Å²) in [7, 11) is 2.21. The monoisotopic (exact) mass is 289 g/mol. The van der Waals surface area contributed by atoms with Crippen LogP contribution in [-0.2, 0) is 0 Å². The van der Waals surface area contributed by atoms with E-state index in [0.717, 1.165) is 12.4 Å². The molecule has 21 heavy (non-hydrogen) atoms. The second kappa shape index (κ2) is 8.38. The quantitative estimate of drug-likeness (QED) is 0.791. The molecule has 3 heteroatoms. The molecule has 0 amide bonds. The first kappa shape index (κ1) is 16.3. The second-order valence-electron chi connectivity index (χ2n) is 6.38. The van der Waals surface area contributed by atoms with Gasteiger partial charge >= 0.3 is 0 Å². The average molecular weight is 289 g/mol. The lowest BCUT2D eigenvalue weighted by Gasteiger charge is -2.29. The lowest BCUT2D eigenvalue weighted by Crippen LogP contribution is -2.32. The molecule has 0 radical (unpaired) electrons. The minimum Gasteiger partial charge on any atom is -0.357 e. The molecule has 0 aromatic carbocycles. The van der Waals surface area contributed by atoms with E-state index in [-0.39, 0.29) is 0 Å².